The molecule has 1 heterocycles. The molecule has 0 aliphatic carbocycles. The number of H-pyrrole nitrogens is 1. The fraction of sp³-hybridized carbons (Fsp3) is 0.438. The number of nitrogens with one attached hydrogen (secondary N) is 2. The van der Waals surface area contributed by atoms with Crippen molar-refractivity contribution in [3.8, 4) is 0 Å². The van der Waals surface area contributed by atoms with Crippen LogP contribution in [-0.2, 0) is 11.2 Å². The molecule has 1 amide bonds. The van der Waals surface area contributed by atoms with Gasteiger partial charge in [-0.1, -0.05) is 25.1 Å². The lowest BCUT2D eigenvalue weighted by Gasteiger charge is -2.19. The first-order valence-electron chi connectivity index (χ1n) is 7.25. The number of aromatic nitrogens is 1. The zero-order valence-corrected chi connectivity index (χ0v) is 13.4. The molecule has 0 spiro atoms. The third-order valence-corrected chi connectivity index (χ3v) is 4.39. The predicted octanol–water partition coefficient (Wildman–Crippen LogP) is 2.30. The topological polar surface area (TPSA) is 70.9 Å². The highest BCUT2D eigenvalue weighted by atomic mass is 32.2. The number of aromatic amines is 1. The molecule has 0 aliphatic heterocycles. The highest BCUT2D eigenvalue weighted by Gasteiger charge is 2.18. The quantitative estimate of drug-likeness (QED) is 0.735. The second-order valence-corrected chi connectivity index (χ2v) is 6.15. The molecule has 0 saturated carbocycles. The van der Waals surface area contributed by atoms with Crippen LogP contribution in [0.2, 0.25) is 0 Å². The molecule has 0 aliphatic rings. The van der Waals surface area contributed by atoms with Crippen LogP contribution in [0.5, 0.6) is 0 Å². The van der Waals surface area contributed by atoms with E-state index in [2.05, 4.69) is 17.2 Å². The molecule has 4 N–H and O–H groups in total. The molecule has 5 heteroatoms. The minimum absolute atomic E-state index is 0.0684. The molecule has 114 valence electrons. The van der Waals surface area contributed by atoms with Gasteiger partial charge in [0.1, 0.15) is 0 Å². The van der Waals surface area contributed by atoms with Crippen molar-refractivity contribution in [2.24, 2.45) is 5.73 Å². The number of carbonyl (C=O) groups is 1. The van der Waals surface area contributed by atoms with Gasteiger partial charge in [-0.05, 0) is 30.7 Å². The van der Waals surface area contributed by atoms with Gasteiger partial charge in [0.2, 0.25) is 5.91 Å². The summed E-state index contributed by atoms with van der Waals surface area (Å²) in [4.78, 5) is 15.4. The lowest BCUT2D eigenvalue weighted by atomic mass is 10.0. The maximum absolute atomic E-state index is 12.2. The highest BCUT2D eigenvalue weighted by molar-refractivity contribution is 7.98. The molecule has 1 aromatic heterocycles. The molecular formula is C16H23N3OS. The van der Waals surface area contributed by atoms with E-state index < -0.39 is 6.04 Å². The molecule has 21 heavy (non-hydrogen) atoms. The van der Waals surface area contributed by atoms with E-state index in [0.29, 0.717) is 6.42 Å². The number of rotatable bonds is 7. The maximum atomic E-state index is 12.2. The summed E-state index contributed by atoms with van der Waals surface area (Å²) in [5, 5.41) is 4.17. The van der Waals surface area contributed by atoms with Crippen molar-refractivity contribution in [2.45, 2.75) is 31.8 Å². The summed E-state index contributed by atoms with van der Waals surface area (Å²) in [5.74, 6) is 0.850. The lowest BCUT2D eigenvalue weighted by molar-refractivity contribution is -0.122. The van der Waals surface area contributed by atoms with E-state index in [1.165, 1.54) is 0 Å². The van der Waals surface area contributed by atoms with Crippen molar-refractivity contribution in [1.82, 2.24) is 10.3 Å². The van der Waals surface area contributed by atoms with Gasteiger partial charge in [0.15, 0.2) is 0 Å². The van der Waals surface area contributed by atoms with Crippen LogP contribution in [0.15, 0.2) is 30.5 Å². The van der Waals surface area contributed by atoms with Crippen LogP contribution in [0.25, 0.3) is 10.9 Å². The smallest absolute Gasteiger partial charge is 0.237 e. The minimum Gasteiger partial charge on any atom is -0.361 e. The van der Waals surface area contributed by atoms with E-state index in [4.69, 9.17) is 5.73 Å². The van der Waals surface area contributed by atoms with Crippen molar-refractivity contribution in [3.05, 3.63) is 36.0 Å². The number of carbonyl (C=O) groups excluding carboxylic acids is 1. The van der Waals surface area contributed by atoms with Crippen molar-refractivity contribution in [3.63, 3.8) is 0 Å². The summed E-state index contributed by atoms with van der Waals surface area (Å²) >= 11 is 1.73. The van der Waals surface area contributed by atoms with Gasteiger partial charge in [-0.3, -0.25) is 4.79 Å². The molecular weight excluding hydrogens is 282 g/mol. The molecule has 0 saturated heterocycles. The Morgan fingerprint density at radius 1 is 1.43 bits per heavy atom. The van der Waals surface area contributed by atoms with Crippen molar-refractivity contribution in [1.29, 1.82) is 0 Å². The average Bonchev–Trinajstić information content (AvgIpc) is 2.90. The zero-order chi connectivity index (χ0) is 15.2. The molecule has 1 unspecified atom stereocenters. The second kappa shape index (κ2) is 7.52. The van der Waals surface area contributed by atoms with Crippen molar-refractivity contribution >= 4 is 28.6 Å². The molecule has 2 rings (SSSR count). The predicted molar refractivity (Wildman–Crippen MR) is 90.6 cm³/mol. The van der Waals surface area contributed by atoms with Crippen LogP contribution in [0.4, 0.5) is 0 Å². The first-order valence-corrected chi connectivity index (χ1v) is 8.65. The van der Waals surface area contributed by atoms with Gasteiger partial charge < -0.3 is 16.0 Å². The fourth-order valence-corrected chi connectivity index (χ4v) is 3.12. The Balaban J connectivity index is 2.00. The van der Waals surface area contributed by atoms with Gasteiger partial charge in [0.05, 0.1) is 6.04 Å². The highest BCUT2D eigenvalue weighted by Crippen LogP contribution is 2.18. The minimum atomic E-state index is -0.514. The average molecular weight is 305 g/mol. The van der Waals surface area contributed by atoms with Gasteiger partial charge in [0.25, 0.3) is 0 Å². The normalized spacial score (nSPS) is 14.0. The number of hydrogen-bond donors (Lipinski definition) is 3. The number of para-hydroxylation sites is 1. The summed E-state index contributed by atoms with van der Waals surface area (Å²) in [7, 11) is 0. The van der Waals surface area contributed by atoms with Gasteiger partial charge in [-0.25, -0.2) is 0 Å². The molecule has 0 radical (unpaired) electrons. The lowest BCUT2D eigenvalue weighted by Crippen LogP contribution is -2.47. The number of thioether (sulfide) groups is 1. The molecule has 0 fully saturated rings. The number of fused-ring (bicyclic) bond motifs is 1. The van der Waals surface area contributed by atoms with Crippen LogP contribution in [-0.4, -0.2) is 35.0 Å². The fourth-order valence-electron chi connectivity index (χ4n) is 2.40. The SMILES string of the molecule is CCC(CSC)NC(=O)[C@@H](N)Cc1c[nH]c2ccccc12. The van der Waals surface area contributed by atoms with Crippen LogP contribution in [0, 0.1) is 0 Å². The van der Waals surface area contributed by atoms with Gasteiger partial charge in [-0.2, -0.15) is 11.8 Å². The second-order valence-electron chi connectivity index (χ2n) is 5.24. The van der Waals surface area contributed by atoms with Crippen LogP contribution >= 0.6 is 11.8 Å². The first kappa shape index (κ1) is 15.9. The monoisotopic (exact) mass is 305 g/mol. The largest absolute Gasteiger partial charge is 0.361 e. The Morgan fingerprint density at radius 2 is 2.19 bits per heavy atom. The van der Waals surface area contributed by atoms with Crippen LogP contribution in [0.3, 0.4) is 0 Å². The van der Waals surface area contributed by atoms with Crippen molar-refractivity contribution in [2.75, 3.05) is 12.0 Å². The van der Waals surface area contributed by atoms with E-state index in [0.717, 1.165) is 28.6 Å². The molecule has 4 nitrogen and oxygen atoms in total. The summed E-state index contributed by atoms with van der Waals surface area (Å²) in [6.45, 7) is 2.08. The Labute approximate surface area is 129 Å². The Kier molecular flexibility index (Phi) is 5.70. The van der Waals surface area contributed by atoms with E-state index in [9.17, 15) is 4.79 Å². The van der Waals surface area contributed by atoms with Crippen molar-refractivity contribution < 1.29 is 4.79 Å². The maximum Gasteiger partial charge on any atom is 0.237 e. The zero-order valence-electron chi connectivity index (χ0n) is 12.6. The van der Waals surface area contributed by atoms with E-state index in [1.54, 1.807) is 11.8 Å². The molecule has 0 bridgehead atoms. The van der Waals surface area contributed by atoms with Gasteiger partial charge >= 0.3 is 0 Å². The van der Waals surface area contributed by atoms with Gasteiger partial charge in [-0.15, -0.1) is 0 Å². The number of nitrogens with two attached hydrogens (primary N) is 1. The Morgan fingerprint density at radius 3 is 2.90 bits per heavy atom. The number of amides is 1. The molecule has 1 aromatic carbocycles. The van der Waals surface area contributed by atoms with E-state index in [-0.39, 0.29) is 11.9 Å². The summed E-state index contributed by atoms with van der Waals surface area (Å²) < 4.78 is 0. The van der Waals surface area contributed by atoms with E-state index >= 15 is 0 Å². The molecule has 2 aromatic rings. The van der Waals surface area contributed by atoms with E-state index in [1.807, 2.05) is 36.7 Å². The summed E-state index contributed by atoms with van der Waals surface area (Å²) in [6.07, 6.45) is 5.45. The summed E-state index contributed by atoms with van der Waals surface area (Å²) in [6, 6.07) is 7.74. The van der Waals surface area contributed by atoms with Crippen LogP contribution in [0.1, 0.15) is 18.9 Å². The number of hydrogen-bond acceptors (Lipinski definition) is 3. The van der Waals surface area contributed by atoms with Crippen LogP contribution < -0.4 is 11.1 Å². The van der Waals surface area contributed by atoms with Gasteiger partial charge in [0, 0.05) is 28.9 Å². The Bertz CT molecular complexity index is 596. The molecule has 2 atom stereocenters. The third-order valence-electron chi connectivity index (χ3n) is 3.66. The standard InChI is InChI=1S/C16H23N3OS/c1-3-12(10-21-2)19-16(20)14(17)8-11-9-18-15-7-5-4-6-13(11)15/h4-7,9,12,14,18H,3,8,10,17H2,1-2H3,(H,19,20)/t12?,14-/m0/s1. The number of benzene rings is 1. The Hall–Kier alpha value is -1.46. The summed E-state index contributed by atoms with van der Waals surface area (Å²) in [5.41, 5.74) is 8.23. The first-order chi connectivity index (χ1) is 10.2. The third kappa shape index (κ3) is 4.02.